The lowest BCUT2D eigenvalue weighted by molar-refractivity contribution is -0.384. The highest BCUT2D eigenvalue weighted by molar-refractivity contribution is 9.10. The molecule has 1 rings (SSSR count). The van der Waals surface area contributed by atoms with E-state index in [4.69, 9.17) is 5.11 Å². The van der Waals surface area contributed by atoms with Gasteiger partial charge in [0.25, 0.3) is 5.69 Å². The lowest BCUT2D eigenvalue weighted by Gasteiger charge is -2.24. The normalized spacial score (nSPS) is 11.0. The quantitative estimate of drug-likeness (QED) is 0.640. The maximum absolute atomic E-state index is 10.8. The Morgan fingerprint density at radius 1 is 1.53 bits per heavy atom. The van der Waals surface area contributed by atoms with Gasteiger partial charge in [0.05, 0.1) is 11.5 Å². The van der Waals surface area contributed by atoms with Gasteiger partial charge in [0.2, 0.25) is 0 Å². The summed E-state index contributed by atoms with van der Waals surface area (Å²) in [5.41, 5.74) is 0.825. The van der Waals surface area contributed by atoms with E-state index < -0.39 is 10.9 Å². The van der Waals surface area contributed by atoms with E-state index in [-0.39, 0.29) is 18.3 Å². The molecule has 0 fully saturated rings. The van der Waals surface area contributed by atoms with Crippen molar-refractivity contribution in [2.45, 2.75) is 26.4 Å². The molecule has 0 aromatic heterocycles. The third kappa shape index (κ3) is 4.60. The first-order valence-corrected chi connectivity index (χ1v) is 6.49. The number of carboxylic acid groups (broad SMARTS) is 1. The van der Waals surface area contributed by atoms with E-state index in [1.165, 1.54) is 12.1 Å². The molecule has 19 heavy (non-hydrogen) atoms. The Morgan fingerprint density at radius 2 is 2.16 bits per heavy atom. The first kappa shape index (κ1) is 15.6. The summed E-state index contributed by atoms with van der Waals surface area (Å²) in [5.74, 6) is -0.897. The second-order valence-corrected chi connectivity index (χ2v) is 5.28. The van der Waals surface area contributed by atoms with Gasteiger partial charge >= 0.3 is 5.97 Å². The van der Waals surface area contributed by atoms with Crippen molar-refractivity contribution in [3.8, 4) is 0 Å². The molecule has 0 aliphatic heterocycles. The van der Waals surface area contributed by atoms with Crippen molar-refractivity contribution in [2.75, 3.05) is 6.54 Å². The number of nitro groups is 1. The topological polar surface area (TPSA) is 83.7 Å². The predicted octanol–water partition coefficient (Wildman–Crippen LogP) is 2.65. The Kier molecular flexibility index (Phi) is 5.44. The van der Waals surface area contributed by atoms with E-state index >= 15 is 0 Å². The highest BCUT2D eigenvalue weighted by atomic mass is 79.9. The van der Waals surface area contributed by atoms with Crippen molar-refractivity contribution in [2.24, 2.45) is 0 Å². The summed E-state index contributed by atoms with van der Waals surface area (Å²) in [7, 11) is 0. The molecule has 0 aliphatic rings. The maximum Gasteiger partial charge on any atom is 0.317 e. The van der Waals surface area contributed by atoms with Crippen LogP contribution in [0.15, 0.2) is 22.7 Å². The Labute approximate surface area is 119 Å². The molecule has 7 heteroatoms. The summed E-state index contributed by atoms with van der Waals surface area (Å²) in [6, 6.07) is 4.55. The fourth-order valence-corrected chi connectivity index (χ4v) is 2.08. The predicted molar refractivity (Wildman–Crippen MR) is 74.0 cm³/mol. The zero-order valence-corrected chi connectivity index (χ0v) is 12.3. The third-order valence-corrected chi connectivity index (χ3v) is 3.43. The molecule has 0 heterocycles. The molecule has 0 saturated heterocycles. The number of hydrogen-bond donors (Lipinski definition) is 1. The molecule has 6 nitrogen and oxygen atoms in total. The van der Waals surface area contributed by atoms with Crippen molar-refractivity contribution in [1.29, 1.82) is 0 Å². The van der Waals surface area contributed by atoms with Crippen molar-refractivity contribution < 1.29 is 14.8 Å². The molecule has 0 saturated carbocycles. The maximum atomic E-state index is 10.8. The zero-order valence-electron chi connectivity index (χ0n) is 10.7. The Hall–Kier alpha value is -1.47. The number of hydrogen-bond acceptors (Lipinski definition) is 4. The first-order chi connectivity index (χ1) is 8.81. The molecule has 1 aromatic carbocycles. The van der Waals surface area contributed by atoms with Crippen LogP contribution in [0.3, 0.4) is 0 Å². The smallest absolute Gasteiger partial charge is 0.317 e. The van der Waals surface area contributed by atoms with Crippen LogP contribution in [0, 0.1) is 10.1 Å². The number of nitro benzene ring substituents is 1. The van der Waals surface area contributed by atoms with Crippen LogP contribution >= 0.6 is 15.9 Å². The molecule has 0 unspecified atom stereocenters. The summed E-state index contributed by atoms with van der Waals surface area (Å²) in [6.45, 7) is 4.16. The van der Waals surface area contributed by atoms with Crippen LogP contribution in [0.1, 0.15) is 19.4 Å². The minimum Gasteiger partial charge on any atom is -0.480 e. The zero-order chi connectivity index (χ0) is 14.6. The van der Waals surface area contributed by atoms with Crippen molar-refractivity contribution in [1.82, 2.24) is 4.90 Å². The molecule has 0 amide bonds. The van der Waals surface area contributed by atoms with Crippen LogP contribution in [0.2, 0.25) is 0 Å². The molecular formula is C12H15BrN2O4. The van der Waals surface area contributed by atoms with Gasteiger partial charge < -0.3 is 5.11 Å². The van der Waals surface area contributed by atoms with Crippen molar-refractivity contribution >= 4 is 27.6 Å². The number of aliphatic carboxylic acids is 1. The van der Waals surface area contributed by atoms with Gasteiger partial charge in [0, 0.05) is 29.2 Å². The summed E-state index contributed by atoms with van der Waals surface area (Å²) < 4.78 is 0.609. The summed E-state index contributed by atoms with van der Waals surface area (Å²) in [6.07, 6.45) is 0. The molecular weight excluding hydrogens is 316 g/mol. The first-order valence-electron chi connectivity index (χ1n) is 5.70. The Morgan fingerprint density at radius 3 is 2.58 bits per heavy atom. The average molecular weight is 331 g/mol. The third-order valence-electron chi connectivity index (χ3n) is 2.69. The minimum atomic E-state index is -0.897. The standard InChI is InChI=1S/C12H15BrN2O4/c1-8(2)14(7-12(16)17)6-9-3-4-10(15(18)19)5-11(9)13/h3-5,8H,6-7H2,1-2H3,(H,16,17). The highest BCUT2D eigenvalue weighted by Gasteiger charge is 2.16. The molecule has 0 atom stereocenters. The van der Waals surface area contributed by atoms with E-state index in [1.807, 2.05) is 13.8 Å². The number of carbonyl (C=O) groups is 1. The molecule has 1 aromatic rings. The average Bonchev–Trinajstić information content (AvgIpc) is 2.29. The molecule has 104 valence electrons. The van der Waals surface area contributed by atoms with Crippen LogP contribution in [-0.2, 0) is 11.3 Å². The van der Waals surface area contributed by atoms with Crippen molar-refractivity contribution in [3.63, 3.8) is 0 Å². The monoisotopic (exact) mass is 330 g/mol. The molecule has 0 radical (unpaired) electrons. The second kappa shape index (κ2) is 6.63. The second-order valence-electron chi connectivity index (χ2n) is 4.43. The Balaban J connectivity index is 2.91. The van der Waals surface area contributed by atoms with Gasteiger partial charge in [0.15, 0.2) is 0 Å². The van der Waals surface area contributed by atoms with E-state index in [0.29, 0.717) is 11.0 Å². The number of nitrogens with zero attached hydrogens (tertiary/aromatic N) is 2. The van der Waals surface area contributed by atoms with Gasteiger partial charge in [-0.1, -0.05) is 15.9 Å². The number of halogens is 1. The molecule has 0 aliphatic carbocycles. The fraction of sp³-hybridized carbons (Fsp3) is 0.417. The minimum absolute atomic E-state index is 0.00459. The summed E-state index contributed by atoms with van der Waals surface area (Å²) in [4.78, 5) is 22.7. The number of benzene rings is 1. The van der Waals surface area contributed by atoms with E-state index in [0.717, 1.165) is 5.56 Å². The molecule has 1 N–H and O–H groups in total. The number of rotatable bonds is 6. The Bertz CT molecular complexity index is 491. The lowest BCUT2D eigenvalue weighted by atomic mass is 10.1. The number of carboxylic acids is 1. The van der Waals surface area contributed by atoms with Gasteiger partial charge in [-0.05, 0) is 25.5 Å². The fourth-order valence-electron chi connectivity index (χ4n) is 1.59. The summed E-state index contributed by atoms with van der Waals surface area (Å²) >= 11 is 3.28. The molecule has 0 spiro atoms. The van der Waals surface area contributed by atoms with Crippen LogP contribution in [0.25, 0.3) is 0 Å². The van der Waals surface area contributed by atoms with Gasteiger partial charge in [0.1, 0.15) is 0 Å². The molecule has 0 bridgehead atoms. The van der Waals surface area contributed by atoms with E-state index in [1.54, 1.807) is 11.0 Å². The van der Waals surface area contributed by atoms with Crippen molar-refractivity contribution in [3.05, 3.63) is 38.3 Å². The van der Waals surface area contributed by atoms with Crippen LogP contribution in [0.5, 0.6) is 0 Å². The van der Waals surface area contributed by atoms with E-state index in [2.05, 4.69) is 15.9 Å². The van der Waals surface area contributed by atoms with Gasteiger partial charge in [-0.3, -0.25) is 19.8 Å². The van der Waals surface area contributed by atoms with E-state index in [9.17, 15) is 14.9 Å². The number of non-ortho nitro benzene ring substituents is 1. The lowest BCUT2D eigenvalue weighted by Crippen LogP contribution is -2.35. The SMILES string of the molecule is CC(C)N(CC(=O)O)Cc1ccc([N+](=O)[O-])cc1Br. The largest absolute Gasteiger partial charge is 0.480 e. The summed E-state index contributed by atoms with van der Waals surface area (Å²) in [5, 5.41) is 19.5. The van der Waals surface area contributed by atoms with Gasteiger partial charge in [-0.2, -0.15) is 0 Å². The highest BCUT2D eigenvalue weighted by Crippen LogP contribution is 2.24. The van der Waals surface area contributed by atoms with Crippen LogP contribution in [0.4, 0.5) is 5.69 Å². The van der Waals surface area contributed by atoms with Crippen LogP contribution < -0.4 is 0 Å². The van der Waals surface area contributed by atoms with Gasteiger partial charge in [-0.15, -0.1) is 0 Å². The van der Waals surface area contributed by atoms with Gasteiger partial charge in [-0.25, -0.2) is 0 Å². The van der Waals surface area contributed by atoms with Crippen LogP contribution in [-0.4, -0.2) is 33.5 Å².